The fraction of sp³-hybridized carbons (Fsp3) is 0.364. The molecule has 6 heteroatoms. The molecule has 2 amide bonds. The molecule has 0 aromatic heterocycles. The minimum atomic E-state index is -0.379. The highest BCUT2D eigenvalue weighted by Crippen LogP contribution is 2.41. The van der Waals surface area contributed by atoms with Gasteiger partial charge in [-0.25, -0.2) is 0 Å². The number of hydrogen-bond acceptors (Lipinski definition) is 4. The summed E-state index contributed by atoms with van der Waals surface area (Å²) < 4.78 is 10.5. The minimum absolute atomic E-state index is 0.00814. The molecular formula is C22H26N2O4. The number of piperidine rings is 1. The SMILES string of the molecule is COc1ccc([C@H]2[C@H](C(=O)N(C)C)CCC(=O)N2c2ccc(OC)cc2)cc1. The van der Waals surface area contributed by atoms with Crippen LogP contribution >= 0.6 is 0 Å². The van der Waals surface area contributed by atoms with Crippen molar-refractivity contribution in [2.24, 2.45) is 5.92 Å². The summed E-state index contributed by atoms with van der Waals surface area (Å²) >= 11 is 0. The van der Waals surface area contributed by atoms with Crippen molar-refractivity contribution in [3.8, 4) is 11.5 Å². The molecule has 1 fully saturated rings. The lowest BCUT2D eigenvalue weighted by Gasteiger charge is -2.41. The van der Waals surface area contributed by atoms with Gasteiger partial charge in [-0.3, -0.25) is 9.59 Å². The van der Waals surface area contributed by atoms with Crippen molar-refractivity contribution >= 4 is 17.5 Å². The monoisotopic (exact) mass is 382 g/mol. The molecule has 0 radical (unpaired) electrons. The lowest BCUT2D eigenvalue weighted by molar-refractivity contribution is -0.136. The lowest BCUT2D eigenvalue weighted by Crippen LogP contribution is -2.48. The summed E-state index contributed by atoms with van der Waals surface area (Å²) in [5, 5.41) is 0. The molecule has 2 atom stereocenters. The highest BCUT2D eigenvalue weighted by molar-refractivity contribution is 5.97. The van der Waals surface area contributed by atoms with Crippen molar-refractivity contribution < 1.29 is 19.1 Å². The van der Waals surface area contributed by atoms with Crippen molar-refractivity contribution in [2.45, 2.75) is 18.9 Å². The van der Waals surface area contributed by atoms with Gasteiger partial charge in [0.2, 0.25) is 11.8 Å². The number of nitrogens with zero attached hydrogens (tertiary/aromatic N) is 2. The Morgan fingerprint density at radius 3 is 2.00 bits per heavy atom. The van der Waals surface area contributed by atoms with Crippen LogP contribution in [-0.2, 0) is 9.59 Å². The van der Waals surface area contributed by atoms with Crippen molar-refractivity contribution in [3.63, 3.8) is 0 Å². The second-order valence-electron chi connectivity index (χ2n) is 7.06. The molecule has 0 aliphatic carbocycles. The molecule has 0 bridgehead atoms. The van der Waals surface area contributed by atoms with Gasteiger partial charge in [-0.1, -0.05) is 12.1 Å². The summed E-state index contributed by atoms with van der Waals surface area (Å²) in [6, 6.07) is 14.6. The van der Waals surface area contributed by atoms with Crippen LogP contribution in [0.25, 0.3) is 0 Å². The standard InChI is InChI=1S/C22H26N2O4/c1-23(2)22(26)19-13-14-20(25)24(16-7-11-18(28-4)12-8-16)21(19)15-5-9-17(27-3)10-6-15/h5-12,19,21H,13-14H2,1-4H3/t19-,21+/m1/s1. The van der Waals surface area contributed by atoms with E-state index < -0.39 is 0 Å². The second-order valence-corrected chi connectivity index (χ2v) is 7.06. The molecule has 1 heterocycles. The molecule has 0 N–H and O–H groups in total. The maximum Gasteiger partial charge on any atom is 0.227 e. The number of anilines is 1. The van der Waals surface area contributed by atoms with Gasteiger partial charge in [0.25, 0.3) is 0 Å². The van der Waals surface area contributed by atoms with Crippen LogP contribution < -0.4 is 14.4 Å². The van der Waals surface area contributed by atoms with Gasteiger partial charge in [0.1, 0.15) is 11.5 Å². The number of carbonyl (C=O) groups excluding carboxylic acids is 2. The molecule has 148 valence electrons. The topological polar surface area (TPSA) is 59.1 Å². The fourth-order valence-corrected chi connectivity index (χ4v) is 3.71. The number of methoxy groups -OCH3 is 2. The first kappa shape index (κ1) is 19.7. The van der Waals surface area contributed by atoms with Crippen LogP contribution in [0.15, 0.2) is 48.5 Å². The molecule has 0 unspecified atom stereocenters. The van der Waals surface area contributed by atoms with Crippen molar-refractivity contribution in [2.75, 3.05) is 33.2 Å². The summed E-state index contributed by atoms with van der Waals surface area (Å²) in [5.74, 6) is 1.16. The van der Waals surface area contributed by atoms with Crippen LogP contribution in [-0.4, -0.2) is 45.0 Å². The Labute approximate surface area is 165 Å². The molecule has 3 rings (SSSR count). The Morgan fingerprint density at radius 1 is 0.964 bits per heavy atom. The predicted octanol–water partition coefficient (Wildman–Crippen LogP) is 3.28. The largest absolute Gasteiger partial charge is 0.497 e. The van der Waals surface area contributed by atoms with Crippen molar-refractivity contribution in [1.29, 1.82) is 0 Å². The predicted molar refractivity (Wildman–Crippen MR) is 108 cm³/mol. The van der Waals surface area contributed by atoms with E-state index in [1.807, 2.05) is 48.5 Å². The summed E-state index contributed by atoms with van der Waals surface area (Å²) in [6.45, 7) is 0. The summed E-state index contributed by atoms with van der Waals surface area (Å²) in [6.07, 6.45) is 0.863. The molecule has 2 aromatic rings. The van der Waals surface area contributed by atoms with Crippen LogP contribution in [0.3, 0.4) is 0 Å². The Balaban J connectivity index is 2.08. The van der Waals surface area contributed by atoms with E-state index in [1.54, 1.807) is 38.1 Å². The van der Waals surface area contributed by atoms with Gasteiger partial charge in [-0.2, -0.15) is 0 Å². The van der Waals surface area contributed by atoms with Gasteiger partial charge in [0.05, 0.1) is 26.2 Å². The Morgan fingerprint density at radius 2 is 1.50 bits per heavy atom. The normalized spacial score (nSPS) is 19.3. The van der Waals surface area contributed by atoms with Gasteiger partial charge in [0, 0.05) is 26.2 Å². The van der Waals surface area contributed by atoms with E-state index in [9.17, 15) is 9.59 Å². The summed E-state index contributed by atoms with van der Waals surface area (Å²) in [4.78, 5) is 29.2. The highest BCUT2D eigenvalue weighted by atomic mass is 16.5. The smallest absolute Gasteiger partial charge is 0.227 e. The Hall–Kier alpha value is -3.02. The molecule has 1 saturated heterocycles. The quantitative estimate of drug-likeness (QED) is 0.796. The summed E-state index contributed by atoms with van der Waals surface area (Å²) in [5.41, 5.74) is 1.66. The second kappa shape index (κ2) is 8.33. The van der Waals surface area contributed by atoms with E-state index in [0.29, 0.717) is 12.8 Å². The molecule has 2 aromatic carbocycles. The zero-order chi connectivity index (χ0) is 20.3. The highest BCUT2D eigenvalue weighted by Gasteiger charge is 2.42. The number of hydrogen-bond donors (Lipinski definition) is 0. The fourth-order valence-electron chi connectivity index (χ4n) is 3.71. The zero-order valence-corrected chi connectivity index (χ0v) is 16.7. The van der Waals surface area contributed by atoms with E-state index in [1.165, 1.54) is 0 Å². The molecular weight excluding hydrogens is 356 g/mol. The van der Waals surface area contributed by atoms with Crippen molar-refractivity contribution in [3.05, 3.63) is 54.1 Å². The van der Waals surface area contributed by atoms with Crippen LogP contribution in [0.1, 0.15) is 24.4 Å². The Bertz CT molecular complexity index is 831. The minimum Gasteiger partial charge on any atom is -0.497 e. The molecule has 1 aliphatic heterocycles. The van der Waals surface area contributed by atoms with Crippen LogP contribution in [0, 0.1) is 5.92 Å². The maximum atomic E-state index is 12.9. The molecule has 0 spiro atoms. The number of carbonyl (C=O) groups is 2. The van der Waals surface area contributed by atoms with Gasteiger partial charge >= 0.3 is 0 Å². The van der Waals surface area contributed by atoms with Gasteiger partial charge in [-0.05, 0) is 48.4 Å². The van der Waals surface area contributed by atoms with Gasteiger partial charge < -0.3 is 19.3 Å². The van der Waals surface area contributed by atoms with Crippen LogP contribution in [0.4, 0.5) is 5.69 Å². The molecule has 1 aliphatic rings. The number of amides is 2. The van der Waals surface area contributed by atoms with Gasteiger partial charge in [0.15, 0.2) is 0 Å². The molecule has 6 nitrogen and oxygen atoms in total. The third-order valence-corrected chi connectivity index (χ3v) is 5.16. The van der Waals surface area contributed by atoms with E-state index in [0.717, 1.165) is 22.7 Å². The number of ether oxygens (including phenoxy) is 2. The zero-order valence-electron chi connectivity index (χ0n) is 16.7. The molecule has 0 saturated carbocycles. The first-order chi connectivity index (χ1) is 13.5. The van der Waals surface area contributed by atoms with E-state index in [2.05, 4.69) is 0 Å². The first-order valence-corrected chi connectivity index (χ1v) is 9.27. The summed E-state index contributed by atoms with van der Waals surface area (Å²) in [7, 11) is 6.72. The average Bonchev–Trinajstić information content (AvgIpc) is 2.73. The average molecular weight is 382 g/mol. The van der Waals surface area contributed by atoms with E-state index >= 15 is 0 Å². The number of rotatable bonds is 5. The Kier molecular flexibility index (Phi) is 5.87. The van der Waals surface area contributed by atoms with Crippen LogP contribution in [0.5, 0.6) is 11.5 Å². The third kappa shape index (κ3) is 3.81. The van der Waals surface area contributed by atoms with Crippen LogP contribution in [0.2, 0.25) is 0 Å². The van der Waals surface area contributed by atoms with Crippen molar-refractivity contribution in [1.82, 2.24) is 4.90 Å². The number of benzene rings is 2. The third-order valence-electron chi connectivity index (χ3n) is 5.16. The first-order valence-electron chi connectivity index (χ1n) is 9.27. The lowest BCUT2D eigenvalue weighted by atomic mass is 9.83. The molecule has 28 heavy (non-hydrogen) atoms. The van der Waals surface area contributed by atoms with E-state index in [4.69, 9.17) is 9.47 Å². The maximum absolute atomic E-state index is 12.9. The van der Waals surface area contributed by atoms with Gasteiger partial charge in [-0.15, -0.1) is 0 Å². The van der Waals surface area contributed by atoms with E-state index in [-0.39, 0.29) is 23.8 Å².